The monoisotopic (exact) mass is 488 g/mol. The molecule has 0 bridgehead atoms. The van der Waals surface area contributed by atoms with Crippen molar-refractivity contribution in [2.24, 2.45) is 11.8 Å². The maximum absolute atomic E-state index is 13.9. The smallest absolute Gasteiger partial charge is 0.254 e. The van der Waals surface area contributed by atoms with Crippen molar-refractivity contribution in [2.45, 2.75) is 97.4 Å². The highest BCUT2D eigenvalue weighted by Crippen LogP contribution is 2.36. The van der Waals surface area contributed by atoms with Crippen molar-refractivity contribution in [1.29, 1.82) is 0 Å². The van der Waals surface area contributed by atoms with Gasteiger partial charge >= 0.3 is 0 Å². The Morgan fingerprint density at radius 1 is 0.944 bits per heavy atom. The first-order chi connectivity index (χ1) is 17.1. The van der Waals surface area contributed by atoms with Crippen LogP contribution >= 0.6 is 0 Å². The highest BCUT2D eigenvalue weighted by molar-refractivity contribution is 5.97. The lowest BCUT2D eigenvalue weighted by Crippen LogP contribution is -2.52. The standard InChI is InChI=1S/C32H44N2O2/c1-22-16-17-27(23(2)19-22)31(36)34-18-10-15-28(29(34)20-24-11-7-6-8-12-24)30(35)33-26-14-9-13-25(21-26)32(3,4)5/h9,13-14,16-17,19,21,24,28-29H,6-8,10-12,15,18,20H2,1-5H3,(H,33,35)/t28-,29-/m0/s1. The molecule has 4 rings (SSSR count). The highest BCUT2D eigenvalue weighted by atomic mass is 16.2. The summed E-state index contributed by atoms with van der Waals surface area (Å²) >= 11 is 0. The molecule has 1 N–H and O–H groups in total. The molecule has 2 atom stereocenters. The molecule has 2 aromatic rings. The molecule has 0 aromatic heterocycles. The predicted molar refractivity (Wildman–Crippen MR) is 148 cm³/mol. The lowest BCUT2D eigenvalue weighted by molar-refractivity contribution is -0.123. The average Bonchev–Trinajstić information content (AvgIpc) is 2.84. The molecule has 194 valence electrons. The van der Waals surface area contributed by atoms with Crippen LogP contribution in [-0.2, 0) is 10.2 Å². The number of amides is 2. The number of likely N-dealkylation sites (tertiary alicyclic amines) is 1. The van der Waals surface area contributed by atoms with Gasteiger partial charge in [0.05, 0.1) is 5.92 Å². The third kappa shape index (κ3) is 6.19. The van der Waals surface area contributed by atoms with Crippen LogP contribution in [0.3, 0.4) is 0 Å². The van der Waals surface area contributed by atoms with Gasteiger partial charge in [-0.1, -0.05) is 82.7 Å². The van der Waals surface area contributed by atoms with Crippen LogP contribution in [0, 0.1) is 25.7 Å². The van der Waals surface area contributed by atoms with E-state index in [0.717, 1.165) is 48.2 Å². The van der Waals surface area contributed by atoms with Crippen molar-refractivity contribution in [3.05, 3.63) is 64.7 Å². The Morgan fingerprint density at radius 3 is 2.39 bits per heavy atom. The highest BCUT2D eigenvalue weighted by Gasteiger charge is 2.40. The van der Waals surface area contributed by atoms with Crippen LogP contribution in [0.2, 0.25) is 0 Å². The van der Waals surface area contributed by atoms with Crippen molar-refractivity contribution >= 4 is 17.5 Å². The molecule has 1 heterocycles. The molecule has 0 spiro atoms. The molecule has 2 aliphatic rings. The minimum Gasteiger partial charge on any atom is -0.335 e. The summed E-state index contributed by atoms with van der Waals surface area (Å²) in [4.78, 5) is 29.7. The molecule has 4 heteroatoms. The van der Waals surface area contributed by atoms with E-state index in [0.29, 0.717) is 5.92 Å². The normalized spacial score (nSPS) is 21.3. The SMILES string of the molecule is Cc1ccc(C(=O)N2CCC[C@H](C(=O)Nc3cccc(C(C)(C)C)c3)[C@@H]2CC2CCCCC2)c(C)c1. The van der Waals surface area contributed by atoms with Crippen LogP contribution < -0.4 is 5.32 Å². The second kappa shape index (κ2) is 11.2. The predicted octanol–water partition coefficient (Wildman–Crippen LogP) is 7.43. The van der Waals surface area contributed by atoms with Gasteiger partial charge in [0.2, 0.25) is 5.91 Å². The zero-order valence-corrected chi connectivity index (χ0v) is 22.9. The van der Waals surface area contributed by atoms with Gasteiger partial charge in [-0.05, 0) is 73.8 Å². The number of carbonyl (C=O) groups excluding carboxylic acids is 2. The summed E-state index contributed by atoms with van der Waals surface area (Å²) in [5.41, 5.74) is 5.02. The van der Waals surface area contributed by atoms with E-state index in [1.807, 2.05) is 36.1 Å². The minimum atomic E-state index is -0.186. The van der Waals surface area contributed by atoms with Crippen molar-refractivity contribution in [3.8, 4) is 0 Å². The van der Waals surface area contributed by atoms with E-state index in [4.69, 9.17) is 0 Å². The third-order valence-corrected chi connectivity index (χ3v) is 8.28. The fraction of sp³-hybridized carbons (Fsp3) is 0.562. The first-order valence-electron chi connectivity index (χ1n) is 13.9. The Morgan fingerprint density at radius 2 is 1.69 bits per heavy atom. The van der Waals surface area contributed by atoms with E-state index < -0.39 is 0 Å². The number of benzene rings is 2. The molecule has 2 amide bonds. The average molecular weight is 489 g/mol. The molecule has 0 unspecified atom stereocenters. The molecule has 1 aliphatic carbocycles. The summed E-state index contributed by atoms with van der Waals surface area (Å²) in [5, 5.41) is 3.23. The van der Waals surface area contributed by atoms with Crippen molar-refractivity contribution in [1.82, 2.24) is 4.90 Å². The summed E-state index contributed by atoms with van der Waals surface area (Å²) in [6.45, 7) is 11.4. The number of nitrogens with one attached hydrogen (secondary N) is 1. The van der Waals surface area contributed by atoms with Gasteiger partial charge < -0.3 is 10.2 Å². The molecule has 1 aliphatic heterocycles. The van der Waals surface area contributed by atoms with E-state index in [9.17, 15) is 9.59 Å². The summed E-state index contributed by atoms with van der Waals surface area (Å²) in [5.74, 6) is 0.546. The van der Waals surface area contributed by atoms with Crippen LogP contribution in [-0.4, -0.2) is 29.3 Å². The third-order valence-electron chi connectivity index (χ3n) is 8.28. The molecular formula is C32H44N2O2. The molecule has 0 radical (unpaired) electrons. The fourth-order valence-corrected chi connectivity index (χ4v) is 6.18. The number of hydrogen-bond acceptors (Lipinski definition) is 2. The summed E-state index contributed by atoms with van der Waals surface area (Å²) in [6, 6.07) is 14.2. The van der Waals surface area contributed by atoms with Crippen LogP contribution in [0.5, 0.6) is 0 Å². The van der Waals surface area contributed by atoms with Crippen LogP contribution in [0.25, 0.3) is 0 Å². The van der Waals surface area contributed by atoms with Gasteiger partial charge in [0.15, 0.2) is 0 Å². The van der Waals surface area contributed by atoms with Crippen molar-refractivity contribution in [3.63, 3.8) is 0 Å². The van der Waals surface area contributed by atoms with Gasteiger partial charge in [-0.25, -0.2) is 0 Å². The quantitative estimate of drug-likeness (QED) is 0.476. The van der Waals surface area contributed by atoms with Crippen molar-refractivity contribution < 1.29 is 9.59 Å². The number of carbonyl (C=O) groups is 2. The molecule has 2 aromatic carbocycles. The zero-order valence-electron chi connectivity index (χ0n) is 22.9. The lowest BCUT2D eigenvalue weighted by Gasteiger charge is -2.43. The fourth-order valence-electron chi connectivity index (χ4n) is 6.18. The molecule has 2 fully saturated rings. The van der Waals surface area contributed by atoms with E-state index in [1.165, 1.54) is 37.7 Å². The van der Waals surface area contributed by atoms with E-state index in [-0.39, 0.29) is 29.2 Å². The lowest BCUT2D eigenvalue weighted by atomic mass is 9.78. The zero-order chi connectivity index (χ0) is 25.9. The van der Waals surface area contributed by atoms with Crippen LogP contribution in [0.1, 0.15) is 99.2 Å². The van der Waals surface area contributed by atoms with E-state index in [2.05, 4.69) is 51.2 Å². The van der Waals surface area contributed by atoms with Gasteiger partial charge in [0, 0.05) is 23.8 Å². The van der Waals surface area contributed by atoms with Gasteiger partial charge in [-0.2, -0.15) is 0 Å². The summed E-state index contributed by atoms with van der Waals surface area (Å²) in [6.07, 6.45) is 8.87. The van der Waals surface area contributed by atoms with Gasteiger partial charge in [0.1, 0.15) is 0 Å². The maximum Gasteiger partial charge on any atom is 0.254 e. The van der Waals surface area contributed by atoms with E-state index >= 15 is 0 Å². The molecular weight excluding hydrogens is 444 g/mol. The molecule has 1 saturated carbocycles. The van der Waals surface area contributed by atoms with Crippen LogP contribution in [0.15, 0.2) is 42.5 Å². The maximum atomic E-state index is 13.9. The Labute approximate surface area is 217 Å². The summed E-state index contributed by atoms with van der Waals surface area (Å²) < 4.78 is 0. The number of nitrogens with zero attached hydrogens (tertiary/aromatic N) is 1. The Hall–Kier alpha value is -2.62. The molecule has 36 heavy (non-hydrogen) atoms. The first-order valence-corrected chi connectivity index (χ1v) is 13.9. The Kier molecular flexibility index (Phi) is 8.22. The molecule has 4 nitrogen and oxygen atoms in total. The number of hydrogen-bond donors (Lipinski definition) is 1. The van der Waals surface area contributed by atoms with Crippen molar-refractivity contribution in [2.75, 3.05) is 11.9 Å². The van der Waals surface area contributed by atoms with E-state index in [1.54, 1.807) is 0 Å². The minimum absolute atomic E-state index is 0.0181. The van der Waals surface area contributed by atoms with Gasteiger partial charge in [0.25, 0.3) is 5.91 Å². The largest absolute Gasteiger partial charge is 0.335 e. The Bertz CT molecular complexity index is 1080. The second-order valence-electron chi connectivity index (χ2n) is 12.2. The number of piperidine rings is 1. The van der Waals surface area contributed by atoms with Gasteiger partial charge in [-0.15, -0.1) is 0 Å². The number of aryl methyl sites for hydroxylation is 2. The second-order valence-corrected chi connectivity index (χ2v) is 12.2. The van der Waals surface area contributed by atoms with Crippen LogP contribution in [0.4, 0.5) is 5.69 Å². The summed E-state index contributed by atoms with van der Waals surface area (Å²) in [7, 11) is 0. The Balaban J connectivity index is 1.60. The number of anilines is 1. The number of rotatable bonds is 5. The van der Waals surface area contributed by atoms with Gasteiger partial charge in [-0.3, -0.25) is 9.59 Å². The molecule has 1 saturated heterocycles. The topological polar surface area (TPSA) is 49.4 Å². The first kappa shape index (κ1) is 26.4.